The second kappa shape index (κ2) is 10.4. The summed E-state index contributed by atoms with van der Waals surface area (Å²) in [4.78, 5) is 31.5. The van der Waals surface area contributed by atoms with Crippen molar-refractivity contribution < 1.29 is 19.1 Å². The molecule has 2 heterocycles. The number of ether oxygens (including phenoxy) is 2. The van der Waals surface area contributed by atoms with Gasteiger partial charge in [-0.2, -0.15) is 0 Å². The second-order valence-corrected chi connectivity index (χ2v) is 8.47. The second-order valence-electron chi connectivity index (χ2n) is 7.61. The van der Waals surface area contributed by atoms with Crippen molar-refractivity contribution in [1.82, 2.24) is 9.88 Å². The number of urea groups is 1. The van der Waals surface area contributed by atoms with Crippen molar-refractivity contribution >= 4 is 34.6 Å². The third-order valence-electron chi connectivity index (χ3n) is 5.36. The van der Waals surface area contributed by atoms with Gasteiger partial charge in [-0.05, 0) is 43.2 Å². The Balaban J connectivity index is 1.41. The highest BCUT2D eigenvalue weighted by Gasteiger charge is 2.19. The summed E-state index contributed by atoms with van der Waals surface area (Å²) in [5, 5.41) is 8.45. The number of nitrogens with one attached hydrogen (secondary N) is 2. The molecule has 1 saturated heterocycles. The molecule has 0 aliphatic carbocycles. The van der Waals surface area contributed by atoms with E-state index in [9.17, 15) is 9.59 Å². The average Bonchev–Trinajstić information content (AvgIpc) is 3.52. The predicted molar refractivity (Wildman–Crippen MR) is 129 cm³/mol. The van der Waals surface area contributed by atoms with Crippen molar-refractivity contribution in [3.63, 3.8) is 0 Å². The largest absolute Gasteiger partial charge is 0.493 e. The number of para-hydroxylation sites is 2. The van der Waals surface area contributed by atoms with Crippen LogP contribution in [0.5, 0.6) is 11.5 Å². The van der Waals surface area contributed by atoms with Gasteiger partial charge in [-0.1, -0.05) is 12.1 Å². The fraction of sp³-hybridized carbons (Fsp3) is 0.292. The van der Waals surface area contributed by atoms with Crippen molar-refractivity contribution in [2.24, 2.45) is 0 Å². The molecule has 33 heavy (non-hydrogen) atoms. The van der Waals surface area contributed by atoms with Crippen LogP contribution in [0.2, 0.25) is 0 Å². The monoisotopic (exact) mass is 466 g/mol. The van der Waals surface area contributed by atoms with Crippen LogP contribution in [0, 0.1) is 0 Å². The van der Waals surface area contributed by atoms with Gasteiger partial charge in [0.05, 0.1) is 37.7 Å². The molecule has 0 atom stereocenters. The Kier molecular flexibility index (Phi) is 7.09. The van der Waals surface area contributed by atoms with Crippen molar-refractivity contribution in [2.45, 2.75) is 19.3 Å². The molecule has 2 N–H and O–H groups in total. The standard InChI is InChI=1S/C24H26N4O4S/c1-31-20-10-9-16(13-21(20)32-2)23-25-17(15-33-23)14-22(29)26-18-7-3-4-8-19(18)27-24(30)28-11-5-6-12-28/h3-4,7-10,13,15H,5-6,11-12,14H2,1-2H3,(H,26,29)(H,27,30). The fourth-order valence-electron chi connectivity index (χ4n) is 3.66. The van der Waals surface area contributed by atoms with Gasteiger partial charge in [0.15, 0.2) is 11.5 Å². The highest BCUT2D eigenvalue weighted by Crippen LogP contribution is 2.33. The lowest BCUT2D eigenvalue weighted by molar-refractivity contribution is -0.115. The molecule has 9 heteroatoms. The number of carbonyl (C=O) groups is 2. The Hall–Kier alpha value is -3.59. The number of anilines is 2. The first-order valence-corrected chi connectivity index (χ1v) is 11.6. The summed E-state index contributed by atoms with van der Waals surface area (Å²) in [6.07, 6.45) is 2.16. The summed E-state index contributed by atoms with van der Waals surface area (Å²) < 4.78 is 10.6. The Labute approximate surface area is 196 Å². The number of amides is 3. The van der Waals surface area contributed by atoms with E-state index in [-0.39, 0.29) is 18.4 Å². The molecule has 0 saturated carbocycles. The summed E-state index contributed by atoms with van der Waals surface area (Å²) in [5.41, 5.74) is 2.69. The van der Waals surface area contributed by atoms with Crippen LogP contribution >= 0.6 is 11.3 Å². The molecule has 4 rings (SSSR count). The number of hydrogen-bond donors (Lipinski definition) is 2. The molecule has 172 valence electrons. The first-order valence-electron chi connectivity index (χ1n) is 10.7. The molecule has 0 unspecified atom stereocenters. The van der Waals surface area contributed by atoms with E-state index >= 15 is 0 Å². The lowest BCUT2D eigenvalue weighted by atomic mass is 10.2. The van der Waals surface area contributed by atoms with Crippen LogP contribution in [0.15, 0.2) is 47.8 Å². The highest BCUT2D eigenvalue weighted by atomic mass is 32.1. The number of methoxy groups -OCH3 is 2. The first kappa shape index (κ1) is 22.6. The molecule has 0 bridgehead atoms. The zero-order valence-corrected chi connectivity index (χ0v) is 19.4. The number of rotatable bonds is 7. The van der Waals surface area contributed by atoms with Gasteiger partial charge >= 0.3 is 6.03 Å². The minimum atomic E-state index is -0.206. The molecule has 3 aromatic rings. The number of aromatic nitrogens is 1. The summed E-state index contributed by atoms with van der Waals surface area (Å²) in [7, 11) is 3.18. The number of nitrogens with zero attached hydrogens (tertiary/aromatic N) is 2. The fourth-order valence-corrected chi connectivity index (χ4v) is 4.48. The Morgan fingerprint density at radius 1 is 1.00 bits per heavy atom. The maximum Gasteiger partial charge on any atom is 0.321 e. The van der Waals surface area contributed by atoms with Crippen LogP contribution < -0.4 is 20.1 Å². The first-order chi connectivity index (χ1) is 16.1. The molecule has 1 aliphatic heterocycles. The van der Waals surface area contributed by atoms with E-state index in [2.05, 4.69) is 15.6 Å². The average molecular weight is 467 g/mol. The Morgan fingerprint density at radius 3 is 2.39 bits per heavy atom. The Bertz CT molecular complexity index is 1140. The minimum Gasteiger partial charge on any atom is -0.493 e. The maximum atomic E-state index is 12.7. The molecule has 1 aromatic heterocycles. The van der Waals surface area contributed by atoms with Crippen LogP contribution in [-0.4, -0.2) is 49.1 Å². The zero-order chi connectivity index (χ0) is 23.2. The third kappa shape index (κ3) is 5.43. The van der Waals surface area contributed by atoms with Crippen molar-refractivity contribution in [2.75, 3.05) is 37.9 Å². The van der Waals surface area contributed by atoms with Crippen molar-refractivity contribution in [3.05, 3.63) is 53.5 Å². The molecule has 1 aliphatic rings. The van der Waals surface area contributed by atoms with Gasteiger partial charge in [-0.3, -0.25) is 4.79 Å². The molecule has 0 spiro atoms. The van der Waals surface area contributed by atoms with Crippen LogP contribution in [0.25, 0.3) is 10.6 Å². The molecule has 0 radical (unpaired) electrons. The lowest BCUT2D eigenvalue weighted by Crippen LogP contribution is -2.32. The van der Waals surface area contributed by atoms with E-state index < -0.39 is 0 Å². The number of thiazole rings is 1. The predicted octanol–water partition coefficient (Wildman–Crippen LogP) is 4.64. The quantitative estimate of drug-likeness (QED) is 0.529. The zero-order valence-electron chi connectivity index (χ0n) is 18.6. The van der Waals surface area contributed by atoms with Gasteiger partial charge in [-0.25, -0.2) is 9.78 Å². The normalized spacial score (nSPS) is 13.0. The van der Waals surface area contributed by atoms with Crippen LogP contribution in [0.4, 0.5) is 16.2 Å². The van der Waals surface area contributed by atoms with Crippen LogP contribution in [0.3, 0.4) is 0 Å². The van der Waals surface area contributed by atoms with Gasteiger partial charge in [0.25, 0.3) is 0 Å². The van der Waals surface area contributed by atoms with Crippen LogP contribution in [-0.2, 0) is 11.2 Å². The van der Waals surface area contributed by atoms with E-state index in [1.165, 1.54) is 11.3 Å². The third-order valence-corrected chi connectivity index (χ3v) is 6.30. The van der Waals surface area contributed by atoms with E-state index in [1.807, 2.05) is 35.7 Å². The summed E-state index contributed by atoms with van der Waals surface area (Å²) in [6.45, 7) is 1.51. The summed E-state index contributed by atoms with van der Waals surface area (Å²) in [6, 6.07) is 12.6. The van der Waals surface area contributed by atoms with Crippen molar-refractivity contribution in [1.29, 1.82) is 0 Å². The van der Waals surface area contributed by atoms with E-state index in [0.29, 0.717) is 28.6 Å². The molecule has 8 nitrogen and oxygen atoms in total. The molecular formula is C24H26N4O4S. The highest BCUT2D eigenvalue weighted by molar-refractivity contribution is 7.13. The smallest absolute Gasteiger partial charge is 0.321 e. The SMILES string of the molecule is COc1ccc(-c2nc(CC(=O)Nc3ccccc3NC(=O)N3CCCC3)cs2)cc1OC. The van der Waals surface area contributed by atoms with Gasteiger partial charge in [-0.15, -0.1) is 11.3 Å². The minimum absolute atomic E-state index is 0.123. The van der Waals surface area contributed by atoms with E-state index in [0.717, 1.165) is 36.5 Å². The molecule has 2 aromatic carbocycles. The number of likely N-dealkylation sites (tertiary alicyclic amines) is 1. The Morgan fingerprint density at radius 2 is 1.70 bits per heavy atom. The number of benzene rings is 2. The number of carbonyl (C=O) groups excluding carboxylic acids is 2. The van der Waals surface area contributed by atoms with Crippen molar-refractivity contribution in [3.8, 4) is 22.1 Å². The molecule has 1 fully saturated rings. The topological polar surface area (TPSA) is 92.8 Å². The molecular weight excluding hydrogens is 440 g/mol. The van der Waals surface area contributed by atoms with Gasteiger partial charge in [0.2, 0.25) is 5.91 Å². The van der Waals surface area contributed by atoms with Gasteiger partial charge < -0.3 is 25.0 Å². The van der Waals surface area contributed by atoms with Gasteiger partial charge in [0.1, 0.15) is 5.01 Å². The number of hydrogen-bond acceptors (Lipinski definition) is 6. The lowest BCUT2D eigenvalue weighted by Gasteiger charge is -2.18. The molecule has 3 amide bonds. The van der Waals surface area contributed by atoms with Gasteiger partial charge in [0, 0.05) is 24.0 Å². The summed E-state index contributed by atoms with van der Waals surface area (Å²) in [5.74, 6) is 1.06. The maximum absolute atomic E-state index is 12.7. The van der Waals surface area contributed by atoms with E-state index in [4.69, 9.17) is 9.47 Å². The summed E-state index contributed by atoms with van der Waals surface area (Å²) >= 11 is 1.46. The van der Waals surface area contributed by atoms with Crippen LogP contribution in [0.1, 0.15) is 18.5 Å². The van der Waals surface area contributed by atoms with E-state index in [1.54, 1.807) is 31.3 Å².